The van der Waals surface area contributed by atoms with Crippen LogP contribution in [0.15, 0.2) is 24.3 Å². The second-order valence-electron chi connectivity index (χ2n) is 4.35. The molecule has 1 aromatic rings. The van der Waals surface area contributed by atoms with E-state index in [0.29, 0.717) is 18.0 Å². The van der Waals surface area contributed by atoms with E-state index in [1.54, 1.807) is 0 Å². The number of benzene rings is 1. The lowest BCUT2D eigenvalue weighted by Crippen LogP contribution is -2.41. The summed E-state index contributed by atoms with van der Waals surface area (Å²) in [5.41, 5.74) is 0.885. The highest BCUT2D eigenvalue weighted by atomic mass is 35.5. The van der Waals surface area contributed by atoms with E-state index in [-0.39, 0.29) is 11.3 Å². The summed E-state index contributed by atoms with van der Waals surface area (Å²) in [6, 6.07) is 7.47. The smallest absolute Gasteiger partial charge is 0.227 e. The lowest BCUT2D eigenvalue weighted by atomic mass is 10.1. The largest absolute Gasteiger partial charge is 0.341 e. The van der Waals surface area contributed by atoms with Gasteiger partial charge in [-0.1, -0.05) is 29.8 Å². The van der Waals surface area contributed by atoms with E-state index in [4.69, 9.17) is 23.2 Å². The molecule has 1 amide bonds. The molecule has 0 radical (unpaired) electrons. The second kappa shape index (κ2) is 5.74. The molecule has 0 saturated carbocycles. The Labute approximate surface area is 112 Å². The Morgan fingerprint density at radius 1 is 1.41 bits per heavy atom. The molecule has 1 unspecified atom stereocenters. The van der Waals surface area contributed by atoms with E-state index >= 15 is 0 Å². The lowest BCUT2D eigenvalue weighted by Gasteiger charge is -2.30. The molecular weight excluding hydrogens is 257 g/mol. The molecule has 1 atom stereocenters. The van der Waals surface area contributed by atoms with E-state index < -0.39 is 0 Å². The van der Waals surface area contributed by atoms with Crippen LogP contribution in [0, 0.1) is 0 Å². The van der Waals surface area contributed by atoms with E-state index in [9.17, 15) is 4.79 Å². The molecule has 1 aromatic carbocycles. The van der Waals surface area contributed by atoms with Crippen molar-refractivity contribution >= 4 is 29.1 Å². The number of alkyl halides is 1. The van der Waals surface area contributed by atoms with Gasteiger partial charge in [0.2, 0.25) is 5.91 Å². The first-order chi connectivity index (χ1) is 8.16. The Morgan fingerprint density at radius 2 is 2.18 bits per heavy atom. The summed E-state index contributed by atoms with van der Waals surface area (Å²) >= 11 is 12.1. The van der Waals surface area contributed by atoms with Gasteiger partial charge in [-0.2, -0.15) is 0 Å². The van der Waals surface area contributed by atoms with Crippen molar-refractivity contribution in [3.63, 3.8) is 0 Å². The number of halogens is 2. The summed E-state index contributed by atoms with van der Waals surface area (Å²) in [5.74, 6) is 0.114. The van der Waals surface area contributed by atoms with Gasteiger partial charge in [-0.05, 0) is 24.5 Å². The van der Waals surface area contributed by atoms with E-state index in [2.05, 4.69) is 0 Å². The molecule has 0 bridgehead atoms. The average molecular weight is 272 g/mol. The third kappa shape index (κ3) is 3.36. The molecule has 1 saturated heterocycles. The van der Waals surface area contributed by atoms with Gasteiger partial charge in [0, 0.05) is 18.1 Å². The topological polar surface area (TPSA) is 20.3 Å². The zero-order valence-corrected chi connectivity index (χ0v) is 11.0. The minimum Gasteiger partial charge on any atom is -0.341 e. The van der Waals surface area contributed by atoms with Crippen LogP contribution in [0.3, 0.4) is 0 Å². The van der Waals surface area contributed by atoms with Gasteiger partial charge in [0.1, 0.15) is 0 Å². The molecule has 2 rings (SSSR count). The molecule has 0 aromatic heterocycles. The first-order valence-corrected chi connectivity index (χ1v) is 6.63. The fraction of sp³-hybridized carbons (Fsp3) is 0.462. The van der Waals surface area contributed by atoms with E-state index in [1.165, 1.54) is 0 Å². The van der Waals surface area contributed by atoms with Crippen molar-refractivity contribution in [3.05, 3.63) is 34.9 Å². The molecule has 1 aliphatic heterocycles. The monoisotopic (exact) mass is 271 g/mol. The van der Waals surface area contributed by atoms with Crippen LogP contribution in [0.25, 0.3) is 0 Å². The number of hydrogen-bond donors (Lipinski definition) is 0. The van der Waals surface area contributed by atoms with Crippen molar-refractivity contribution in [2.24, 2.45) is 0 Å². The number of carbonyl (C=O) groups is 1. The highest BCUT2D eigenvalue weighted by molar-refractivity contribution is 6.31. The van der Waals surface area contributed by atoms with Crippen LogP contribution in [-0.2, 0) is 11.2 Å². The lowest BCUT2D eigenvalue weighted by molar-refractivity contribution is -0.131. The number of piperidine rings is 1. The van der Waals surface area contributed by atoms with Gasteiger partial charge in [-0.15, -0.1) is 11.6 Å². The van der Waals surface area contributed by atoms with Crippen molar-refractivity contribution in [2.75, 3.05) is 13.1 Å². The van der Waals surface area contributed by atoms with Crippen LogP contribution in [0.2, 0.25) is 5.02 Å². The first kappa shape index (κ1) is 12.7. The molecule has 17 heavy (non-hydrogen) atoms. The molecule has 92 valence electrons. The van der Waals surface area contributed by atoms with Crippen LogP contribution in [0.4, 0.5) is 0 Å². The second-order valence-corrected chi connectivity index (χ2v) is 5.37. The van der Waals surface area contributed by atoms with E-state index in [1.807, 2.05) is 29.2 Å². The standard InChI is InChI=1S/C13H15Cl2NO/c14-11-5-3-7-16(9-11)13(17)8-10-4-1-2-6-12(10)15/h1-2,4,6,11H,3,5,7-9H2. The van der Waals surface area contributed by atoms with Gasteiger partial charge < -0.3 is 4.90 Å². The van der Waals surface area contributed by atoms with Gasteiger partial charge in [0.05, 0.1) is 11.8 Å². The zero-order valence-electron chi connectivity index (χ0n) is 9.53. The SMILES string of the molecule is O=C(Cc1ccccc1Cl)N1CCCC(Cl)C1. The molecule has 1 fully saturated rings. The molecule has 1 heterocycles. The maximum absolute atomic E-state index is 12.1. The fourth-order valence-corrected chi connectivity index (χ4v) is 2.59. The van der Waals surface area contributed by atoms with E-state index in [0.717, 1.165) is 24.9 Å². The average Bonchev–Trinajstić information content (AvgIpc) is 2.32. The maximum atomic E-state index is 12.1. The highest BCUT2D eigenvalue weighted by Crippen LogP contribution is 2.19. The zero-order chi connectivity index (χ0) is 12.3. The van der Waals surface area contributed by atoms with Crippen molar-refractivity contribution in [1.82, 2.24) is 4.90 Å². The quantitative estimate of drug-likeness (QED) is 0.757. The third-order valence-corrected chi connectivity index (χ3v) is 3.74. The summed E-state index contributed by atoms with van der Waals surface area (Å²) in [4.78, 5) is 13.9. The molecular formula is C13H15Cl2NO. The van der Waals surface area contributed by atoms with Crippen LogP contribution in [-0.4, -0.2) is 29.3 Å². The van der Waals surface area contributed by atoms with Crippen LogP contribution in [0.5, 0.6) is 0 Å². The van der Waals surface area contributed by atoms with Crippen LogP contribution < -0.4 is 0 Å². The van der Waals surface area contributed by atoms with Crippen molar-refractivity contribution in [1.29, 1.82) is 0 Å². The number of carbonyl (C=O) groups excluding carboxylic acids is 1. The summed E-state index contributed by atoms with van der Waals surface area (Å²) in [5, 5.41) is 0.749. The summed E-state index contributed by atoms with van der Waals surface area (Å²) in [6.45, 7) is 1.47. The van der Waals surface area contributed by atoms with Gasteiger partial charge in [-0.25, -0.2) is 0 Å². The Morgan fingerprint density at radius 3 is 2.88 bits per heavy atom. The van der Waals surface area contributed by atoms with Crippen molar-refractivity contribution in [2.45, 2.75) is 24.6 Å². The predicted octanol–water partition coefficient (Wildman–Crippen LogP) is 3.11. The number of nitrogens with zero attached hydrogens (tertiary/aromatic N) is 1. The van der Waals surface area contributed by atoms with Gasteiger partial charge in [0.25, 0.3) is 0 Å². The van der Waals surface area contributed by atoms with Gasteiger partial charge in [0.15, 0.2) is 0 Å². The first-order valence-electron chi connectivity index (χ1n) is 5.82. The summed E-state index contributed by atoms with van der Waals surface area (Å²) < 4.78 is 0. The Bertz CT molecular complexity index is 408. The predicted molar refractivity (Wildman–Crippen MR) is 70.6 cm³/mol. The molecule has 1 aliphatic rings. The number of rotatable bonds is 2. The number of likely N-dealkylation sites (tertiary alicyclic amines) is 1. The maximum Gasteiger partial charge on any atom is 0.227 e. The van der Waals surface area contributed by atoms with Crippen molar-refractivity contribution < 1.29 is 4.79 Å². The molecule has 0 spiro atoms. The minimum atomic E-state index is 0.0962. The highest BCUT2D eigenvalue weighted by Gasteiger charge is 2.22. The Hall–Kier alpha value is -0.730. The summed E-state index contributed by atoms with van der Waals surface area (Å²) in [7, 11) is 0. The molecule has 2 nitrogen and oxygen atoms in total. The number of amides is 1. The van der Waals surface area contributed by atoms with Gasteiger partial charge in [-0.3, -0.25) is 4.79 Å². The minimum absolute atomic E-state index is 0.0962. The molecule has 0 N–H and O–H groups in total. The molecule has 4 heteroatoms. The Kier molecular flexibility index (Phi) is 4.30. The normalized spacial score (nSPS) is 20.4. The van der Waals surface area contributed by atoms with Crippen molar-refractivity contribution in [3.8, 4) is 0 Å². The van der Waals surface area contributed by atoms with Crippen LogP contribution in [0.1, 0.15) is 18.4 Å². The summed E-state index contributed by atoms with van der Waals surface area (Å²) in [6.07, 6.45) is 2.35. The van der Waals surface area contributed by atoms with Crippen LogP contribution >= 0.6 is 23.2 Å². The number of hydrogen-bond acceptors (Lipinski definition) is 1. The molecule has 0 aliphatic carbocycles. The fourth-order valence-electron chi connectivity index (χ4n) is 2.07. The van der Waals surface area contributed by atoms with Gasteiger partial charge >= 0.3 is 0 Å². The third-order valence-electron chi connectivity index (χ3n) is 3.02. The Balaban J connectivity index is 1.99.